The Balaban J connectivity index is 1.56. The maximum Gasteiger partial charge on any atom is 0.231 e. The number of amides is 1. The average molecular weight is 286 g/mol. The minimum Gasteiger partial charge on any atom is -0.454 e. The highest BCUT2D eigenvalue weighted by Crippen LogP contribution is 2.34. The second-order valence-corrected chi connectivity index (χ2v) is 5.31. The zero-order chi connectivity index (χ0) is 14.7. The molecule has 1 N–H and O–H groups in total. The number of carbonyl (C=O) groups is 1. The number of rotatable bonds is 3. The van der Waals surface area contributed by atoms with E-state index in [2.05, 4.69) is 16.1 Å². The molecule has 0 aromatic heterocycles. The molecule has 0 spiro atoms. The number of hydrogen-bond donors (Lipinski definition) is 1. The summed E-state index contributed by atoms with van der Waals surface area (Å²) >= 11 is 0. The van der Waals surface area contributed by atoms with Crippen molar-refractivity contribution in [2.45, 2.75) is 12.8 Å². The summed E-state index contributed by atoms with van der Waals surface area (Å²) in [6, 6.07) is 5.44. The average Bonchev–Trinajstić information content (AvgIpc) is 2.96. The van der Waals surface area contributed by atoms with Gasteiger partial charge in [0, 0.05) is 17.7 Å². The van der Waals surface area contributed by atoms with E-state index in [9.17, 15) is 4.79 Å². The summed E-state index contributed by atoms with van der Waals surface area (Å²) in [6.07, 6.45) is 7.00. The van der Waals surface area contributed by atoms with Gasteiger partial charge < -0.3 is 14.8 Å². The van der Waals surface area contributed by atoms with Crippen LogP contribution in [0, 0.1) is 18.3 Å². The van der Waals surface area contributed by atoms with Crippen molar-refractivity contribution < 1.29 is 14.3 Å². The number of nitrogens with zero attached hydrogens (tertiary/aromatic N) is 1. The third-order valence-electron chi connectivity index (χ3n) is 3.91. The van der Waals surface area contributed by atoms with E-state index in [1.54, 1.807) is 6.07 Å². The van der Waals surface area contributed by atoms with Gasteiger partial charge in [-0.25, -0.2) is 0 Å². The molecule has 1 fully saturated rings. The topological polar surface area (TPSA) is 50.8 Å². The van der Waals surface area contributed by atoms with Crippen LogP contribution in [0.15, 0.2) is 18.2 Å². The van der Waals surface area contributed by atoms with E-state index >= 15 is 0 Å². The summed E-state index contributed by atoms with van der Waals surface area (Å²) in [5, 5.41) is 2.95. The van der Waals surface area contributed by atoms with Crippen molar-refractivity contribution in [1.29, 1.82) is 0 Å². The van der Waals surface area contributed by atoms with Crippen molar-refractivity contribution in [1.82, 2.24) is 4.90 Å². The number of ether oxygens (including phenoxy) is 2. The number of hydrogen-bond acceptors (Lipinski definition) is 4. The summed E-state index contributed by atoms with van der Waals surface area (Å²) in [5.74, 6) is 4.15. The summed E-state index contributed by atoms with van der Waals surface area (Å²) in [5.41, 5.74) is 0.746. The molecule has 1 saturated heterocycles. The number of anilines is 1. The van der Waals surface area contributed by atoms with Crippen LogP contribution in [0.2, 0.25) is 0 Å². The molecule has 5 nitrogen and oxygen atoms in total. The Morgan fingerprint density at radius 1 is 1.33 bits per heavy atom. The lowest BCUT2D eigenvalue weighted by atomic mass is 9.96. The number of carbonyl (C=O) groups excluding carboxylic acids is 1. The number of piperidine rings is 1. The number of fused-ring (bicyclic) bond motifs is 1. The van der Waals surface area contributed by atoms with Crippen molar-refractivity contribution in [2.24, 2.45) is 5.92 Å². The van der Waals surface area contributed by atoms with Gasteiger partial charge in [-0.15, -0.1) is 6.42 Å². The highest BCUT2D eigenvalue weighted by molar-refractivity contribution is 5.93. The van der Waals surface area contributed by atoms with Crippen LogP contribution in [0.4, 0.5) is 5.69 Å². The highest BCUT2D eigenvalue weighted by Gasteiger charge is 2.25. The molecule has 0 radical (unpaired) electrons. The lowest BCUT2D eigenvalue weighted by Gasteiger charge is -2.29. The SMILES string of the molecule is C#CCN1CCC(C(=O)Nc2ccc3c(c2)OCO3)CC1. The molecule has 0 aliphatic carbocycles. The van der Waals surface area contributed by atoms with Crippen LogP contribution in [0.25, 0.3) is 0 Å². The number of likely N-dealkylation sites (tertiary alicyclic amines) is 1. The van der Waals surface area contributed by atoms with Gasteiger partial charge in [0.15, 0.2) is 11.5 Å². The van der Waals surface area contributed by atoms with Gasteiger partial charge in [0.25, 0.3) is 0 Å². The first-order valence-electron chi connectivity index (χ1n) is 7.12. The predicted octanol–water partition coefficient (Wildman–Crippen LogP) is 1.70. The van der Waals surface area contributed by atoms with Crippen LogP contribution in [0.3, 0.4) is 0 Å². The first kappa shape index (κ1) is 13.8. The third kappa shape index (κ3) is 3.11. The van der Waals surface area contributed by atoms with Crippen molar-refractivity contribution in [3.8, 4) is 23.8 Å². The first-order chi connectivity index (χ1) is 10.3. The molecule has 5 heteroatoms. The molecule has 2 heterocycles. The first-order valence-corrected chi connectivity index (χ1v) is 7.12. The Labute approximate surface area is 124 Å². The molecule has 2 aliphatic rings. The quantitative estimate of drug-likeness (QED) is 0.859. The molecule has 0 bridgehead atoms. The smallest absolute Gasteiger partial charge is 0.231 e. The Morgan fingerprint density at radius 3 is 2.86 bits per heavy atom. The molecule has 0 unspecified atom stereocenters. The van der Waals surface area contributed by atoms with Gasteiger partial charge in [0.05, 0.1) is 6.54 Å². The van der Waals surface area contributed by atoms with Gasteiger partial charge >= 0.3 is 0 Å². The van der Waals surface area contributed by atoms with E-state index in [-0.39, 0.29) is 18.6 Å². The molecule has 3 rings (SSSR count). The molecule has 0 saturated carbocycles. The minimum absolute atomic E-state index is 0.0458. The standard InChI is InChI=1S/C16H18N2O3/c1-2-7-18-8-5-12(6-9-18)16(19)17-13-3-4-14-15(10-13)21-11-20-14/h1,3-4,10,12H,5-9,11H2,(H,17,19). The molecular formula is C16H18N2O3. The number of benzene rings is 1. The van der Waals surface area contributed by atoms with Crippen LogP contribution >= 0.6 is 0 Å². The van der Waals surface area contributed by atoms with Gasteiger partial charge in [-0.1, -0.05) is 5.92 Å². The molecule has 1 aromatic rings. The van der Waals surface area contributed by atoms with Gasteiger partial charge in [-0.2, -0.15) is 0 Å². The molecular weight excluding hydrogens is 268 g/mol. The fourth-order valence-corrected chi connectivity index (χ4v) is 2.70. The van der Waals surface area contributed by atoms with E-state index in [0.29, 0.717) is 12.3 Å². The second kappa shape index (κ2) is 6.06. The molecule has 21 heavy (non-hydrogen) atoms. The summed E-state index contributed by atoms with van der Waals surface area (Å²) < 4.78 is 10.6. The van der Waals surface area contributed by atoms with E-state index in [1.165, 1.54) is 0 Å². The fourth-order valence-electron chi connectivity index (χ4n) is 2.70. The van der Waals surface area contributed by atoms with Crippen molar-refractivity contribution >= 4 is 11.6 Å². The van der Waals surface area contributed by atoms with Crippen LogP contribution in [-0.2, 0) is 4.79 Å². The minimum atomic E-state index is 0.0458. The van der Waals surface area contributed by atoms with Crippen molar-refractivity contribution in [2.75, 3.05) is 31.7 Å². The Bertz CT molecular complexity index is 571. The normalized spacial score (nSPS) is 18.2. The van der Waals surface area contributed by atoms with E-state index in [1.807, 2.05) is 12.1 Å². The summed E-state index contributed by atoms with van der Waals surface area (Å²) in [6.45, 7) is 2.66. The van der Waals surface area contributed by atoms with Crippen LogP contribution < -0.4 is 14.8 Å². The van der Waals surface area contributed by atoms with Gasteiger partial charge in [0.2, 0.25) is 12.7 Å². The largest absolute Gasteiger partial charge is 0.454 e. The maximum absolute atomic E-state index is 12.3. The number of terminal acetylenes is 1. The van der Waals surface area contributed by atoms with Crippen molar-refractivity contribution in [3.63, 3.8) is 0 Å². The number of nitrogens with one attached hydrogen (secondary N) is 1. The van der Waals surface area contributed by atoms with Gasteiger partial charge in [-0.3, -0.25) is 9.69 Å². The van der Waals surface area contributed by atoms with Crippen LogP contribution in [0.5, 0.6) is 11.5 Å². The zero-order valence-electron chi connectivity index (χ0n) is 11.8. The van der Waals surface area contributed by atoms with Gasteiger partial charge in [0.1, 0.15) is 0 Å². The Hall–Kier alpha value is -2.19. The molecule has 0 atom stereocenters. The fraction of sp³-hybridized carbons (Fsp3) is 0.438. The third-order valence-corrected chi connectivity index (χ3v) is 3.91. The second-order valence-electron chi connectivity index (χ2n) is 5.31. The summed E-state index contributed by atoms with van der Waals surface area (Å²) in [7, 11) is 0. The Kier molecular flexibility index (Phi) is 3.98. The van der Waals surface area contributed by atoms with E-state index < -0.39 is 0 Å². The molecule has 1 amide bonds. The predicted molar refractivity (Wildman–Crippen MR) is 79.2 cm³/mol. The Morgan fingerprint density at radius 2 is 2.10 bits per heavy atom. The zero-order valence-corrected chi connectivity index (χ0v) is 11.8. The van der Waals surface area contributed by atoms with Crippen LogP contribution in [0.1, 0.15) is 12.8 Å². The lowest BCUT2D eigenvalue weighted by molar-refractivity contribution is -0.121. The molecule has 1 aromatic carbocycles. The monoisotopic (exact) mass is 286 g/mol. The summed E-state index contributed by atoms with van der Waals surface area (Å²) in [4.78, 5) is 14.5. The highest BCUT2D eigenvalue weighted by atomic mass is 16.7. The maximum atomic E-state index is 12.3. The van der Waals surface area contributed by atoms with E-state index in [4.69, 9.17) is 15.9 Å². The molecule has 2 aliphatic heterocycles. The lowest BCUT2D eigenvalue weighted by Crippen LogP contribution is -2.38. The van der Waals surface area contributed by atoms with E-state index in [0.717, 1.165) is 37.4 Å². The van der Waals surface area contributed by atoms with Crippen molar-refractivity contribution in [3.05, 3.63) is 18.2 Å². The molecule has 110 valence electrons. The van der Waals surface area contributed by atoms with Gasteiger partial charge in [-0.05, 0) is 38.1 Å². The van der Waals surface area contributed by atoms with Crippen LogP contribution in [-0.4, -0.2) is 37.2 Å².